The number of rotatable bonds is 8. The standard InChI is InChI=1S/C21H27ClN2O5S2/c1-15(2)29-18-6-4-16(5-7-18)13-24-11-10-17(14-24)23-31(27,28)21-12-19(30(3,25)26)8-9-20(21)22/h4-9,12,15,17,23H,10-11,13-14H2,1-3H3/t17-/m1/s1. The Morgan fingerprint density at radius 1 is 1.13 bits per heavy atom. The molecule has 170 valence electrons. The molecule has 1 heterocycles. The molecular weight excluding hydrogens is 460 g/mol. The summed E-state index contributed by atoms with van der Waals surface area (Å²) in [4.78, 5) is 1.85. The van der Waals surface area contributed by atoms with Crippen LogP contribution in [0.25, 0.3) is 0 Å². The third-order valence-electron chi connectivity index (χ3n) is 4.92. The molecule has 3 rings (SSSR count). The minimum absolute atomic E-state index is 0.0153. The molecule has 2 aromatic rings. The topological polar surface area (TPSA) is 92.8 Å². The van der Waals surface area contributed by atoms with Crippen LogP contribution in [0.15, 0.2) is 52.3 Å². The molecule has 31 heavy (non-hydrogen) atoms. The number of benzene rings is 2. The van der Waals surface area contributed by atoms with Crippen LogP contribution in [-0.2, 0) is 26.4 Å². The van der Waals surface area contributed by atoms with Crippen LogP contribution in [0.3, 0.4) is 0 Å². The number of nitrogens with one attached hydrogen (secondary N) is 1. The quantitative estimate of drug-likeness (QED) is 0.616. The molecule has 1 atom stereocenters. The van der Waals surface area contributed by atoms with Gasteiger partial charge in [0.1, 0.15) is 10.6 Å². The van der Waals surface area contributed by atoms with E-state index in [1.165, 1.54) is 12.1 Å². The van der Waals surface area contributed by atoms with E-state index in [1.807, 2.05) is 38.1 Å². The second-order valence-electron chi connectivity index (χ2n) is 8.02. The first-order chi connectivity index (χ1) is 14.4. The number of ether oxygens (including phenoxy) is 1. The van der Waals surface area contributed by atoms with E-state index in [2.05, 4.69) is 9.62 Å². The predicted octanol–water partition coefficient (Wildman–Crippen LogP) is 3.08. The summed E-state index contributed by atoms with van der Waals surface area (Å²) in [6.07, 6.45) is 1.79. The number of likely N-dealkylation sites (tertiary alicyclic amines) is 1. The van der Waals surface area contributed by atoms with Gasteiger partial charge in [0.05, 0.1) is 16.0 Å². The lowest BCUT2D eigenvalue weighted by Crippen LogP contribution is -2.37. The molecule has 1 fully saturated rings. The van der Waals surface area contributed by atoms with Crippen molar-refractivity contribution in [2.75, 3.05) is 19.3 Å². The molecule has 0 spiro atoms. The average Bonchev–Trinajstić information content (AvgIpc) is 3.08. The number of halogens is 1. The van der Waals surface area contributed by atoms with Crippen molar-refractivity contribution in [3.8, 4) is 5.75 Å². The van der Waals surface area contributed by atoms with Gasteiger partial charge in [0.25, 0.3) is 0 Å². The van der Waals surface area contributed by atoms with Crippen LogP contribution in [0.2, 0.25) is 5.02 Å². The summed E-state index contributed by atoms with van der Waals surface area (Å²) < 4.78 is 57.6. The van der Waals surface area contributed by atoms with E-state index in [4.69, 9.17) is 16.3 Å². The van der Waals surface area contributed by atoms with Crippen molar-refractivity contribution in [3.05, 3.63) is 53.1 Å². The van der Waals surface area contributed by atoms with Crippen LogP contribution in [-0.4, -0.2) is 53.2 Å². The second-order valence-corrected chi connectivity index (χ2v) is 12.1. The lowest BCUT2D eigenvalue weighted by Gasteiger charge is -2.18. The number of nitrogens with zero attached hydrogens (tertiary/aromatic N) is 1. The minimum atomic E-state index is -3.96. The Balaban J connectivity index is 1.64. The van der Waals surface area contributed by atoms with Crippen LogP contribution in [0.5, 0.6) is 5.75 Å². The molecule has 2 aromatic carbocycles. The molecule has 1 aliphatic rings. The number of hydrogen-bond acceptors (Lipinski definition) is 6. The summed E-state index contributed by atoms with van der Waals surface area (Å²) in [7, 11) is -7.51. The van der Waals surface area contributed by atoms with E-state index >= 15 is 0 Å². The van der Waals surface area contributed by atoms with Crippen molar-refractivity contribution in [1.82, 2.24) is 9.62 Å². The van der Waals surface area contributed by atoms with E-state index in [9.17, 15) is 16.8 Å². The highest BCUT2D eigenvalue weighted by atomic mass is 35.5. The summed E-state index contributed by atoms with van der Waals surface area (Å²) in [6.45, 7) is 5.94. The monoisotopic (exact) mass is 486 g/mol. The van der Waals surface area contributed by atoms with Gasteiger partial charge < -0.3 is 4.74 Å². The first-order valence-corrected chi connectivity index (χ1v) is 13.7. The Morgan fingerprint density at radius 2 is 1.81 bits per heavy atom. The van der Waals surface area contributed by atoms with Gasteiger partial charge in [-0.15, -0.1) is 0 Å². The maximum atomic E-state index is 12.9. The van der Waals surface area contributed by atoms with Gasteiger partial charge in [0.2, 0.25) is 10.0 Å². The molecule has 0 bridgehead atoms. The molecule has 0 amide bonds. The fourth-order valence-corrected chi connectivity index (χ4v) is 5.99. The zero-order valence-corrected chi connectivity index (χ0v) is 20.1. The lowest BCUT2D eigenvalue weighted by atomic mass is 10.2. The highest BCUT2D eigenvalue weighted by molar-refractivity contribution is 7.91. The molecule has 10 heteroatoms. The van der Waals surface area contributed by atoms with Gasteiger partial charge in [-0.3, -0.25) is 4.90 Å². The summed E-state index contributed by atoms with van der Waals surface area (Å²) >= 11 is 6.06. The smallest absolute Gasteiger partial charge is 0.242 e. The molecule has 7 nitrogen and oxygen atoms in total. The van der Waals surface area contributed by atoms with Gasteiger partial charge in [0, 0.05) is 31.9 Å². The van der Waals surface area contributed by atoms with Crippen LogP contribution in [0.4, 0.5) is 0 Å². The van der Waals surface area contributed by atoms with Crippen molar-refractivity contribution >= 4 is 31.5 Å². The second kappa shape index (κ2) is 9.46. The third-order valence-corrected chi connectivity index (χ3v) is 8.03. The minimum Gasteiger partial charge on any atom is -0.491 e. The largest absolute Gasteiger partial charge is 0.491 e. The van der Waals surface area contributed by atoms with Crippen molar-refractivity contribution in [2.45, 2.75) is 48.7 Å². The maximum Gasteiger partial charge on any atom is 0.242 e. The summed E-state index contributed by atoms with van der Waals surface area (Å²) in [5.41, 5.74) is 1.11. The molecule has 0 aromatic heterocycles. The van der Waals surface area contributed by atoms with Crippen LogP contribution in [0.1, 0.15) is 25.8 Å². The first kappa shape index (κ1) is 24.0. The van der Waals surface area contributed by atoms with E-state index in [1.54, 1.807) is 0 Å². The summed E-state index contributed by atoms with van der Waals surface area (Å²) in [6, 6.07) is 11.3. The Labute approximate surface area is 189 Å². The van der Waals surface area contributed by atoms with Crippen molar-refractivity contribution in [1.29, 1.82) is 0 Å². The number of sulfonamides is 1. The Morgan fingerprint density at radius 3 is 2.42 bits per heavy atom. The fourth-order valence-electron chi connectivity index (χ4n) is 3.48. The average molecular weight is 487 g/mol. The van der Waals surface area contributed by atoms with Gasteiger partial charge in [-0.25, -0.2) is 21.6 Å². The van der Waals surface area contributed by atoms with Gasteiger partial charge in [-0.05, 0) is 56.2 Å². The molecule has 0 saturated carbocycles. The zero-order valence-electron chi connectivity index (χ0n) is 17.7. The molecule has 1 aliphatic heterocycles. The van der Waals surface area contributed by atoms with Crippen molar-refractivity contribution in [2.24, 2.45) is 0 Å². The predicted molar refractivity (Wildman–Crippen MR) is 121 cm³/mol. The summed E-state index contributed by atoms with van der Waals surface area (Å²) in [5, 5.41) is -0.0153. The van der Waals surface area contributed by atoms with E-state index in [0.29, 0.717) is 19.5 Å². The van der Waals surface area contributed by atoms with Gasteiger partial charge in [0.15, 0.2) is 9.84 Å². The SMILES string of the molecule is CC(C)Oc1ccc(CN2CC[C@@H](NS(=O)(=O)c3cc(S(C)(=O)=O)ccc3Cl)C2)cc1. The molecular formula is C21H27ClN2O5S2. The van der Waals surface area contributed by atoms with Gasteiger partial charge in [-0.2, -0.15) is 0 Å². The molecule has 1 N–H and O–H groups in total. The molecule has 0 radical (unpaired) electrons. The first-order valence-electron chi connectivity index (χ1n) is 9.94. The molecule has 0 aliphatic carbocycles. The Bertz CT molecular complexity index is 1130. The highest BCUT2D eigenvalue weighted by Gasteiger charge is 2.29. The van der Waals surface area contributed by atoms with Crippen molar-refractivity contribution < 1.29 is 21.6 Å². The van der Waals surface area contributed by atoms with Crippen LogP contribution >= 0.6 is 11.6 Å². The fraction of sp³-hybridized carbons (Fsp3) is 0.429. The number of hydrogen-bond donors (Lipinski definition) is 1. The normalized spacial score (nSPS) is 17.9. The molecule has 0 unspecified atom stereocenters. The van der Waals surface area contributed by atoms with Crippen LogP contribution in [0, 0.1) is 0 Å². The Kier molecular flexibility index (Phi) is 7.32. The summed E-state index contributed by atoms with van der Waals surface area (Å²) in [5.74, 6) is 0.819. The van der Waals surface area contributed by atoms with Crippen molar-refractivity contribution in [3.63, 3.8) is 0 Å². The highest BCUT2D eigenvalue weighted by Crippen LogP contribution is 2.26. The van der Waals surface area contributed by atoms with E-state index in [0.717, 1.165) is 30.2 Å². The van der Waals surface area contributed by atoms with E-state index in [-0.39, 0.29) is 27.0 Å². The van der Waals surface area contributed by atoms with Gasteiger partial charge in [-0.1, -0.05) is 23.7 Å². The van der Waals surface area contributed by atoms with Gasteiger partial charge >= 0.3 is 0 Å². The Hall–Kier alpha value is -1.65. The molecule has 1 saturated heterocycles. The third kappa shape index (κ3) is 6.43. The number of sulfone groups is 1. The van der Waals surface area contributed by atoms with E-state index < -0.39 is 19.9 Å². The maximum absolute atomic E-state index is 12.9. The zero-order chi connectivity index (χ0) is 22.8. The lowest BCUT2D eigenvalue weighted by molar-refractivity contribution is 0.242. The van der Waals surface area contributed by atoms with Crippen LogP contribution < -0.4 is 9.46 Å².